The molecule has 18 heavy (non-hydrogen) atoms. The summed E-state index contributed by atoms with van der Waals surface area (Å²) in [7, 11) is 0. The van der Waals surface area contributed by atoms with Crippen LogP contribution >= 0.6 is 15.9 Å². The molecule has 0 aromatic heterocycles. The van der Waals surface area contributed by atoms with E-state index in [1.54, 1.807) is 0 Å². The molecule has 0 atom stereocenters. The van der Waals surface area contributed by atoms with E-state index in [9.17, 15) is 4.79 Å². The van der Waals surface area contributed by atoms with E-state index >= 15 is 0 Å². The Balaban J connectivity index is 2.35. The molecular formula is C15H13BrO2. The van der Waals surface area contributed by atoms with Gasteiger partial charge in [0.2, 0.25) is 0 Å². The topological polar surface area (TPSA) is 37.3 Å². The van der Waals surface area contributed by atoms with Crippen molar-refractivity contribution in [3.05, 3.63) is 58.6 Å². The zero-order valence-electron chi connectivity index (χ0n) is 9.77. The first kappa shape index (κ1) is 12.8. The molecule has 0 aliphatic carbocycles. The van der Waals surface area contributed by atoms with Crippen LogP contribution in [-0.2, 0) is 11.2 Å². The van der Waals surface area contributed by atoms with Crippen molar-refractivity contribution in [2.45, 2.75) is 12.8 Å². The Morgan fingerprint density at radius 2 is 1.89 bits per heavy atom. The van der Waals surface area contributed by atoms with E-state index in [-0.39, 0.29) is 6.42 Å². The molecule has 0 saturated heterocycles. The Morgan fingerprint density at radius 3 is 2.61 bits per heavy atom. The first-order valence-electron chi connectivity index (χ1n) is 5.72. The molecule has 1 N–H and O–H groups in total. The molecule has 92 valence electrons. The van der Waals surface area contributed by atoms with E-state index in [0.717, 1.165) is 21.2 Å². The quantitative estimate of drug-likeness (QED) is 0.922. The summed E-state index contributed by atoms with van der Waals surface area (Å²) in [6.07, 6.45) is 0.711. The van der Waals surface area contributed by atoms with Gasteiger partial charge in [0.25, 0.3) is 0 Å². The highest BCUT2D eigenvalue weighted by atomic mass is 79.9. The summed E-state index contributed by atoms with van der Waals surface area (Å²) in [6, 6.07) is 16.0. The summed E-state index contributed by atoms with van der Waals surface area (Å²) in [6.45, 7) is 0. The van der Waals surface area contributed by atoms with Gasteiger partial charge in [0, 0.05) is 10.9 Å². The minimum atomic E-state index is -0.765. The van der Waals surface area contributed by atoms with E-state index in [4.69, 9.17) is 5.11 Å². The second kappa shape index (κ2) is 5.83. The standard InChI is InChI=1S/C15H13BrO2/c16-13-6-3-5-12(10-13)14-7-2-1-4-11(14)8-9-15(17)18/h1-7,10H,8-9H2,(H,17,18). The Morgan fingerprint density at radius 1 is 1.11 bits per heavy atom. The predicted octanol–water partition coefficient (Wildman–Crippen LogP) is 4.13. The van der Waals surface area contributed by atoms with Crippen LogP contribution in [0.4, 0.5) is 0 Å². The van der Waals surface area contributed by atoms with Crippen molar-refractivity contribution < 1.29 is 9.90 Å². The average molecular weight is 305 g/mol. The van der Waals surface area contributed by atoms with Crippen LogP contribution in [0.5, 0.6) is 0 Å². The van der Waals surface area contributed by atoms with Crippen LogP contribution in [0, 0.1) is 0 Å². The number of aryl methyl sites for hydroxylation is 1. The average Bonchev–Trinajstić information content (AvgIpc) is 2.36. The molecule has 0 spiro atoms. The van der Waals surface area contributed by atoms with Crippen LogP contribution in [-0.4, -0.2) is 11.1 Å². The number of carboxylic acids is 1. The molecule has 0 heterocycles. The number of carbonyl (C=O) groups is 1. The Bertz CT molecular complexity index is 564. The Hall–Kier alpha value is -1.61. The van der Waals surface area contributed by atoms with Gasteiger partial charge in [-0.3, -0.25) is 4.79 Å². The summed E-state index contributed by atoms with van der Waals surface area (Å²) >= 11 is 3.45. The Labute approximate surface area is 114 Å². The number of rotatable bonds is 4. The van der Waals surface area contributed by atoms with Crippen LogP contribution in [0.3, 0.4) is 0 Å². The third kappa shape index (κ3) is 3.20. The molecule has 2 aromatic carbocycles. The molecule has 2 nitrogen and oxygen atoms in total. The maximum absolute atomic E-state index is 10.7. The summed E-state index contributed by atoms with van der Waals surface area (Å²) in [4.78, 5) is 10.7. The number of halogens is 1. The van der Waals surface area contributed by atoms with Gasteiger partial charge in [-0.2, -0.15) is 0 Å². The van der Waals surface area contributed by atoms with Crippen molar-refractivity contribution in [3.8, 4) is 11.1 Å². The molecule has 0 amide bonds. The minimum Gasteiger partial charge on any atom is -0.481 e. The van der Waals surface area contributed by atoms with Crippen molar-refractivity contribution >= 4 is 21.9 Å². The highest BCUT2D eigenvalue weighted by Gasteiger charge is 2.06. The summed E-state index contributed by atoms with van der Waals surface area (Å²) in [5.74, 6) is -0.765. The first-order valence-corrected chi connectivity index (χ1v) is 6.52. The molecule has 0 aliphatic heterocycles. The molecule has 0 bridgehead atoms. The Kier molecular flexibility index (Phi) is 4.15. The first-order chi connectivity index (χ1) is 8.66. The zero-order chi connectivity index (χ0) is 13.0. The van der Waals surface area contributed by atoms with E-state index in [2.05, 4.69) is 15.9 Å². The van der Waals surface area contributed by atoms with Gasteiger partial charge in [0.05, 0.1) is 0 Å². The molecular weight excluding hydrogens is 292 g/mol. The molecule has 0 unspecified atom stereocenters. The van der Waals surface area contributed by atoms with E-state index < -0.39 is 5.97 Å². The second-order valence-electron chi connectivity index (χ2n) is 4.06. The van der Waals surface area contributed by atoms with Crippen LogP contribution in [0.15, 0.2) is 53.0 Å². The number of hydrogen-bond acceptors (Lipinski definition) is 1. The van der Waals surface area contributed by atoms with Gasteiger partial charge in [0.1, 0.15) is 0 Å². The maximum Gasteiger partial charge on any atom is 0.303 e. The van der Waals surface area contributed by atoms with Crippen LogP contribution < -0.4 is 0 Å². The SMILES string of the molecule is O=C(O)CCc1ccccc1-c1cccc(Br)c1. The van der Waals surface area contributed by atoms with Gasteiger partial charge in [-0.1, -0.05) is 52.3 Å². The van der Waals surface area contributed by atoms with E-state index in [1.807, 2.05) is 48.5 Å². The molecule has 0 fully saturated rings. The molecule has 2 aromatic rings. The van der Waals surface area contributed by atoms with Crippen molar-refractivity contribution in [2.75, 3.05) is 0 Å². The molecule has 3 heteroatoms. The largest absolute Gasteiger partial charge is 0.481 e. The van der Waals surface area contributed by atoms with Gasteiger partial charge in [-0.25, -0.2) is 0 Å². The fourth-order valence-electron chi connectivity index (χ4n) is 1.92. The highest BCUT2D eigenvalue weighted by Crippen LogP contribution is 2.26. The van der Waals surface area contributed by atoms with Crippen LogP contribution in [0.25, 0.3) is 11.1 Å². The lowest BCUT2D eigenvalue weighted by molar-refractivity contribution is -0.136. The number of carboxylic acid groups (broad SMARTS) is 1. The monoisotopic (exact) mass is 304 g/mol. The molecule has 0 radical (unpaired) electrons. The van der Waals surface area contributed by atoms with Crippen molar-refractivity contribution in [1.82, 2.24) is 0 Å². The number of aliphatic carboxylic acids is 1. The fraction of sp³-hybridized carbons (Fsp3) is 0.133. The zero-order valence-corrected chi connectivity index (χ0v) is 11.4. The summed E-state index contributed by atoms with van der Waals surface area (Å²) in [5, 5.41) is 8.77. The lowest BCUT2D eigenvalue weighted by Crippen LogP contribution is -1.98. The minimum absolute atomic E-state index is 0.158. The third-order valence-corrected chi connectivity index (χ3v) is 3.25. The van der Waals surface area contributed by atoms with E-state index in [1.165, 1.54) is 0 Å². The van der Waals surface area contributed by atoms with Crippen LogP contribution in [0.2, 0.25) is 0 Å². The summed E-state index contributed by atoms with van der Waals surface area (Å²) in [5.41, 5.74) is 3.27. The highest BCUT2D eigenvalue weighted by molar-refractivity contribution is 9.10. The smallest absolute Gasteiger partial charge is 0.303 e. The molecule has 0 saturated carbocycles. The van der Waals surface area contributed by atoms with Gasteiger partial charge < -0.3 is 5.11 Å². The van der Waals surface area contributed by atoms with Crippen molar-refractivity contribution in [3.63, 3.8) is 0 Å². The van der Waals surface area contributed by atoms with Crippen LogP contribution in [0.1, 0.15) is 12.0 Å². The van der Waals surface area contributed by atoms with Gasteiger partial charge in [0.15, 0.2) is 0 Å². The fourth-order valence-corrected chi connectivity index (χ4v) is 2.32. The maximum atomic E-state index is 10.7. The van der Waals surface area contributed by atoms with Gasteiger partial charge in [-0.05, 0) is 35.2 Å². The molecule has 0 aliphatic rings. The van der Waals surface area contributed by atoms with Crippen molar-refractivity contribution in [1.29, 1.82) is 0 Å². The van der Waals surface area contributed by atoms with Gasteiger partial charge >= 0.3 is 5.97 Å². The number of hydrogen-bond donors (Lipinski definition) is 1. The summed E-state index contributed by atoms with van der Waals surface area (Å²) < 4.78 is 1.02. The predicted molar refractivity (Wildman–Crippen MR) is 75.5 cm³/mol. The molecule has 2 rings (SSSR count). The van der Waals surface area contributed by atoms with Crippen molar-refractivity contribution in [2.24, 2.45) is 0 Å². The number of benzene rings is 2. The second-order valence-corrected chi connectivity index (χ2v) is 4.98. The lowest BCUT2D eigenvalue weighted by Gasteiger charge is -2.09. The lowest BCUT2D eigenvalue weighted by atomic mass is 9.97. The van der Waals surface area contributed by atoms with Gasteiger partial charge in [-0.15, -0.1) is 0 Å². The van der Waals surface area contributed by atoms with E-state index in [0.29, 0.717) is 6.42 Å². The normalized spacial score (nSPS) is 10.3. The third-order valence-electron chi connectivity index (χ3n) is 2.76.